The second-order valence-electron chi connectivity index (χ2n) is 11.3. The maximum atomic E-state index is 11.9. The van der Waals surface area contributed by atoms with Crippen molar-refractivity contribution in [3.8, 4) is 23.0 Å². The fraction of sp³-hybridized carbons (Fsp3) is 0.172. The second-order valence-corrected chi connectivity index (χ2v) is 11.3. The van der Waals surface area contributed by atoms with Crippen LogP contribution in [-0.2, 0) is 0 Å². The number of hydrogen-bond donors (Lipinski definition) is 0. The Hall–Kier alpha value is -8.72. The molecule has 0 fully saturated rings. The molecule has 4 aromatic rings. The molecule has 0 atom stereocenters. The monoisotopic (exact) mass is 800 g/mol. The van der Waals surface area contributed by atoms with E-state index < -0.39 is 140 Å². The first-order valence-electron chi connectivity index (χ1n) is 15.0. The Morgan fingerprint density at radius 1 is 0.333 bits per heavy atom. The van der Waals surface area contributed by atoms with Gasteiger partial charge in [0.2, 0.25) is 0 Å². The number of hydrogen-bond acceptors (Lipinski definition) is 20. The Bertz CT molecular complexity index is 2010. The van der Waals surface area contributed by atoms with Crippen LogP contribution in [0.15, 0.2) is 72.8 Å². The molecule has 4 aromatic carbocycles. The van der Waals surface area contributed by atoms with E-state index in [4.69, 9.17) is 18.9 Å². The molecule has 296 valence electrons. The smallest absolute Gasteiger partial charge is 0.317 e. The van der Waals surface area contributed by atoms with Crippen LogP contribution >= 0.6 is 0 Å². The van der Waals surface area contributed by atoms with Crippen molar-refractivity contribution in [2.75, 3.05) is 26.4 Å². The summed E-state index contributed by atoms with van der Waals surface area (Å²) in [5.41, 5.74) is -8.96. The highest BCUT2D eigenvalue weighted by Crippen LogP contribution is 2.38. The van der Waals surface area contributed by atoms with E-state index in [1.54, 1.807) is 0 Å². The summed E-state index contributed by atoms with van der Waals surface area (Å²) in [6.07, 6.45) is 0. The van der Waals surface area contributed by atoms with Crippen molar-refractivity contribution in [2.45, 2.75) is 0 Å². The lowest BCUT2D eigenvalue weighted by Gasteiger charge is -2.32. The zero-order valence-electron chi connectivity index (χ0n) is 28.0. The molecule has 0 heterocycles. The topological polar surface area (TPSA) is 382 Å². The first kappa shape index (κ1) is 41.0. The molecule has 0 aliphatic carbocycles. The van der Waals surface area contributed by atoms with E-state index in [0.29, 0.717) is 24.3 Å². The predicted molar refractivity (Wildman–Crippen MR) is 183 cm³/mol. The number of benzene rings is 4. The minimum atomic E-state index is -2.13. The van der Waals surface area contributed by atoms with Crippen LogP contribution in [0.3, 0.4) is 0 Å². The number of rotatable bonds is 20. The Morgan fingerprint density at radius 2 is 0.526 bits per heavy atom. The molecule has 0 saturated heterocycles. The minimum Gasteiger partial charge on any atom is -0.486 e. The average molecular weight is 801 g/mol. The number of nitro benzene ring substituents is 8. The molecule has 0 aromatic heterocycles. The number of nitrogens with zero attached hydrogens (tertiary/aromatic N) is 8. The van der Waals surface area contributed by atoms with Crippen molar-refractivity contribution in [3.05, 3.63) is 154 Å². The van der Waals surface area contributed by atoms with Crippen molar-refractivity contribution in [1.82, 2.24) is 0 Å². The third-order valence-corrected chi connectivity index (χ3v) is 7.54. The summed E-state index contributed by atoms with van der Waals surface area (Å²) in [6.45, 7) is -3.86. The summed E-state index contributed by atoms with van der Waals surface area (Å²) in [6, 6.07) is 8.62. The van der Waals surface area contributed by atoms with E-state index in [1.165, 1.54) is 0 Å². The van der Waals surface area contributed by atoms with Crippen molar-refractivity contribution in [2.24, 2.45) is 5.41 Å². The molecule has 0 radical (unpaired) electrons. The Balaban J connectivity index is 1.89. The quantitative estimate of drug-likeness (QED) is 0.0779. The van der Waals surface area contributed by atoms with Crippen LogP contribution in [0.25, 0.3) is 0 Å². The lowest BCUT2D eigenvalue weighted by atomic mass is 9.91. The molecule has 57 heavy (non-hydrogen) atoms. The summed E-state index contributed by atoms with van der Waals surface area (Å²) in [4.78, 5) is 84.6. The van der Waals surface area contributed by atoms with Crippen molar-refractivity contribution in [1.29, 1.82) is 0 Å². The number of nitro groups is 8. The van der Waals surface area contributed by atoms with Gasteiger partial charge in [-0.15, -0.1) is 0 Å². The Morgan fingerprint density at radius 3 is 0.684 bits per heavy atom. The highest BCUT2D eigenvalue weighted by molar-refractivity contribution is 5.56. The lowest BCUT2D eigenvalue weighted by molar-refractivity contribution is -0.395. The third-order valence-electron chi connectivity index (χ3n) is 7.54. The van der Waals surface area contributed by atoms with Crippen LogP contribution in [0.2, 0.25) is 0 Å². The summed E-state index contributed by atoms with van der Waals surface area (Å²) in [5.74, 6) is -2.62. The van der Waals surface area contributed by atoms with E-state index in [-0.39, 0.29) is 0 Å². The van der Waals surface area contributed by atoms with E-state index >= 15 is 0 Å². The number of ether oxygens (including phenoxy) is 4. The van der Waals surface area contributed by atoms with Gasteiger partial charge in [0.1, 0.15) is 31.8 Å². The van der Waals surface area contributed by atoms with Gasteiger partial charge in [0.15, 0.2) is 23.0 Å². The van der Waals surface area contributed by atoms with Crippen molar-refractivity contribution >= 4 is 45.5 Å². The molecule has 28 heteroatoms. The average Bonchev–Trinajstić information content (AvgIpc) is 3.16. The molecule has 0 N–H and O–H groups in total. The van der Waals surface area contributed by atoms with Gasteiger partial charge >= 0.3 is 22.7 Å². The van der Waals surface area contributed by atoms with Gasteiger partial charge < -0.3 is 18.9 Å². The van der Waals surface area contributed by atoms with E-state index in [0.717, 1.165) is 48.5 Å². The highest BCUT2D eigenvalue weighted by atomic mass is 16.7. The molecule has 0 amide bonds. The van der Waals surface area contributed by atoms with Gasteiger partial charge in [0.05, 0.1) is 63.7 Å². The third kappa shape index (κ3) is 9.83. The zero-order valence-corrected chi connectivity index (χ0v) is 28.0. The van der Waals surface area contributed by atoms with E-state index in [2.05, 4.69) is 0 Å². The van der Waals surface area contributed by atoms with Gasteiger partial charge in [-0.1, -0.05) is 0 Å². The van der Waals surface area contributed by atoms with Crippen molar-refractivity contribution < 1.29 is 58.3 Å². The van der Waals surface area contributed by atoms with Gasteiger partial charge in [-0.05, 0) is 24.3 Å². The predicted octanol–water partition coefficient (Wildman–Crippen LogP) is 5.55. The normalized spacial score (nSPS) is 10.8. The number of non-ortho nitro benzene ring substituents is 4. The van der Waals surface area contributed by atoms with Gasteiger partial charge in [-0.25, -0.2) is 0 Å². The van der Waals surface area contributed by atoms with Gasteiger partial charge in [-0.3, -0.25) is 80.9 Å². The Labute approximate surface area is 312 Å². The fourth-order valence-corrected chi connectivity index (χ4v) is 4.71. The Kier molecular flexibility index (Phi) is 12.2. The summed E-state index contributed by atoms with van der Waals surface area (Å²) < 4.78 is 22.7. The second kappa shape index (κ2) is 17.0. The molecule has 0 aliphatic rings. The first-order chi connectivity index (χ1) is 26.8. The fourth-order valence-electron chi connectivity index (χ4n) is 4.71. The zero-order chi connectivity index (χ0) is 42.2. The van der Waals surface area contributed by atoms with Crippen LogP contribution in [0.1, 0.15) is 0 Å². The van der Waals surface area contributed by atoms with Gasteiger partial charge in [0.25, 0.3) is 22.7 Å². The summed E-state index contributed by atoms with van der Waals surface area (Å²) in [7, 11) is 0. The summed E-state index contributed by atoms with van der Waals surface area (Å²) >= 11 is 0. The molecule has 0 unspecified atom stereocenters. The standard InChI is InChI=1S/C29H20N8O20/c38-30(39)17-1-5-25(21(9-17)34(46)47)54-13-29(14-55-26-6-2-18(31(40)41)10-22(26)35(48)49,15-56-27-7-3-19(32(42)43)11-23(27)36(50)51)16-57-28-8-4-20(33(44)45)12-24(28)37(52)53/h1-12H,13-16H2. The molecular formula is C29H20N8O20. The SMILES string of the molecule is O=[N+]([O-])c1ccc(OCC(COc2ccc([N+](=O)[O-])cc2[N+](=O)[O-])(COc2ccc([N+](=O)[O-])cc2[N+](=O)[O-])COc2ccc([N+](=O)[O-])cc2[N+](=O)[O-])c([N+](=O)[O-])c1. The van der Waals surface area contributed by atoms with E-state index in [1.807, 2.05) is 0 Å². The van der Waals surface area contributed by atoms with Crippen LogP contribution in [-0.4, -0.2) is 65.8 Å². The maximum absolute atomic E-state index is 11.9. The molecule has 0 bridgehead atoms. The van der Waals surface area contributed by atoms with Gasteiger partial charge in [-0.2, -0.15) is 0 Å². The van der Waals surface area contributed by atoms with E-state index in [9.17, 15) is 80.9 Å². The molecule has 4 rings (SSSR count). The molecule has 0 aliphatic heterocycles. The largest absolute Gasteiger partial charge is 0.486 e. The first-order valence-corrected chi connectivity index (χ1v) is 15.0. The lowest BCUT2D eigenvalue weighted by Crippen LogP contribution is -2.45. The molecule has 0 saturated carbocycles. The highest BCUT2D eigenvalue weighted by Gasteiger charge is 2.39. The molecule has 0 spiro atoms. The minimum absolute atomic E-state index is 0.529. The van der Waals surface area contributed by atoms with Crippen molar-refractivity contribution in [3.63, 3.8) is 0 Å². The molecular weight excluding hydrogens is 780 g/mol. The molecule has 28 nitrogen and oxygen atoms in total. The van der Waals surface area contributed by atoms with Crippen LogP contribution in [0.4, 0.5) is 45.5 Å². The van der Waals surface area contributed by atoms with Crippen LogP contribution in [0, 0.1) is 86.3 Å². The van der Waals surface area contributed by atoms with Gasteiger partial charge in [0, 0.05) is 24.3 Å². The summed E-state index contributed by atoms with van der Waals surface area (Å²) in [5, 5.41) is 92.7. The van der Waals surface area contributed by atoms with Crippen LogP contribution < -0.4 is 18.9 Å². The van der Waals surface area contributed by atoms with Crippen LogP contribution in [0.5, 0.6) is 23.0 Å². The maximum Gasteiger partial charge on any atom is 0.317 e.